The van der Waals surface area contributed by atoms with Crippen molar-refractivity contribution in [1.29, 1.82) is 0 Å². The summed E-state index contributed by atoms with van der Waals surface area (Å²) in [5.41, 5.74) is 4.07. The van der Waals surface area contributed by atoms with Gasteiger partial charge in [-0.2, -0.15) is 0 Å². The van der Waals surface area contributed by atoms with Crippen molar-refractivity contribution >= 4 is 10.9 Å². The second kappa shape index (κ2) is 5.95. The van der Waals surface area contributed by atoms with E-state index in [2.05, 4.69) is 16.4 Å². The molecule has 2 bridgehead atoms. The highest BCUT2D eigenvalue weighted by Crippen LogP contribution is 2.36. The maximum Gasteiger partial charge on any atom is 0.251 e. The molecule has 1 saturated heterocycles. The molecule has 4 heterocycles. The molecule has 132 valence electrons. The van der Waals surface area contributed by atoms with Gasteiger partial charge in [-0.15, -0.1) is 0 Å². The maximum atomic E-state index is 12.9. The van der Waals surface area contributed by atoms with E-state index in [1.807, 2.05) is 28.8 Å². The fraction of sp³-hybridized carbons (Fsp3) is 0.333. The zero-order chi connectivity index (χ0) is 17.7. The van der Waals surface area contributed by atoms with Gasteiger partial charge in [-0.3, -0.25) is 9.78 Å². The Morgan fingerprint density at radius 1 is 1.23 bits per heavy atom. The minimum absolute atomic E-state index is 0.0990. The van der Waals surface area contributed by atoms with Crippen molar-refractivity contribution in [2.75, 3.05) is 20.2 Å². The number of hydrogen-bond acceptors (Lipinski definition) is 4. The summed E-state index contributed by atoms with van der Waals surface area (Å²) in [4.78, 5) is 17.3. The summed E-state index contributed by atoms with van der Waals surface area (Å²) in [6.07, 6.45) is 2.94. The van der Waals surface area contributed by atoms with Gasteiger partial charge in [0.15, 0.2) is 0 Å². The average Bonchev–Trinajstić information content (AvgIpc) is 2.68. The van der Waals surface area contributed by atoms with Crippen LogP contribution in [0.25, 0.3) is 22.0 Å². The van der Waals surface area contributed by atoms with Crippen LogP contribution in [0.1, 0.15) is 18.0 Å². The molecule has 0 radical (unpaired) electrons. The van der Waals surface area contributed by atoms with E-state index in [1.54, 1.807) is 19.4 Å². The molecule has 2 atom stereocenters. The minimum atomic E-state index is 0.0990. The summed E-state index contributed by atoms with van der Waals surface area (Å²) in [6, 6.07) is 11.9. The molecule has 26 heavy (non-hydrogen) atoms. The summed E-state index contributed by atoms with van der Waals surface area (Å²) >= 11 is 0. The lowest BCUT2D eigenvalue weighted by atomic mass is 9.83. The number of hydrogen-bond donors (Lipinski definition) is 1. The van der Waals surface area contributed by atoms with E-state index < -0.39 is 0 Å². The monoisotopic (exact) mass is 347 g/mol. The zero-order valence-corrected chi connectivity index (χ0v) is 14.7. The van der Waals surface area contributed by atoms with Crippen LogP contribution in [-0.4, -0.2) is 29.8 Å². The summed E-state index contributed by atoms with van der Waals surface area (Å²) < 4.78 is 7.43. The van der Waals surface area contributed by atoms with E-state index in [0.717, 1.165) is 53.1 Å². The van der Waals surface area contributed by atoms with Gasteiger partial charge in [0.1, 0.15) is 11.3 Å². The van der Waals surface area contributed by atoms with Crippen molar-refractivity contribution in [3.05, 3.63) is 58.6 Å². The Kier molecular flexibility index (Phi) is 3.57. The predicted molar refractivity (Wildman–Crippen MR) is 102 cm³/mol. The molecule has 0 saturated carbocycles. The van der Waals surface area contributed by atoms with Gasteiger partial charge < -0.3 is 14.6 Å². The first-order valence-electron chi connectivity index (χ1n) is 9.12. The number of methoxy groups -OCH3 is 1. The molecule has 1 aromatic carbocycles. The molecule has 1 fully saturated rings. The largest absolute Gasteiger partial charge is 0.494 e. The fourth-order valence-electron chi connectivity index (χ4n) is 4.52. The minimum Gasteiger partial charge on any atom is -0.494 e. The molecule has 0 aliphatic carbocycles. The van der Waals surface area contributed by atoms with Gasteiger partial charge in [0.25, 0.3) is 5.56 Å². The van der Waals surface area contributed by atoms with Crippen LogP contribution in [0.15, 0.2) is 47.4 Å². The molecule has 5 nitrogen and oxygen atoms in total. The topological polar surface area (TPSA) is 56.1 Å². The number of nitrogens with one attached hydrogen (secondary N) is 1. The molecule has 2 aliphatic heterocycles. The molecule has 3 aromatic rings. The van der Waals surface area contributed by atoms with E-state index in [1.165, 1.54) is 6.42 Å². The molecule has 2 aromatic heterocycles. The highest BCUT2D eigenvalue weighted by Gasteiger charge is 2.31. The highest BCUT2D eigenvalue weighted by molar-refractivity contribution is 5.97. The lowest BCUT2D eigenvalue weighted by molar-refractivity contribution is 0.257. The van der Waals surface area contributed by atoms with Crippen molar-refractivity contribution in [1.82, 2.24) is 14.9 Å². The number of nitrogens with zero attached hydrogens (tertiary/aromatic N) is 2. The van der Waals surface area contributed by atoms with E-state index in [-0.39, 0.29) is 5.56 Å². The highest BCUT2D eigenvalue weighted by atomic mass is 16.5. The molecule has 2 aliphatic rings. The van der Waals surface area contributed by atoms with Crippen molar-refractivity contribution in [3.63, 3.8) is 0 Å². The van der Waals surface area contributed by atoms with E-state index in [0.29, 0.717) is 11.8 Å². The van der Waals surface area contributed by atoms with Gasteiger partial charge in [-0.25, -0.2) is 0 Å². The summed E-state index contributed by atoms with van der Waals surface area (Å²) in [5.74, 6) is 1.73. The van der Waals surface area contributed by atoms with Crippen LogP contribution in [0.4, 0.5) is 0 Å². The first-order valence-corrected chi connectivity index (χ1v) is 9.12. The number of pyridine rings is 2. The van der Waals surface area contributed by atoms with Crippen LogP contribution in [0.3, 0.4) is 0 Å². The Balaban J connectivity index is 1.72. The van der Waals surface area contributed by atoms with Gasteiger partial charge in [-0.1, -0.05) is 6.07 Å². The number of benzene rings is 1. The smallest absolute Gasteiger partial charge is 0.251 e. The zero-order valence-electron chi connectivity index (χ0n) is 14.7. The third-order valence-electron chi connectivity index (χ3n) is 5.72. The third kappa shape index (κ3) is 2.35. The van der Waals surface area contributed by atoms with Gasteiger partial charge in [0, 0.05) is 42.4 Å². The van der Waals surface area contributed by atoms with Crippen LogP contribution in [0.5, 0.6) is 5.75 Å². The second-order valence-corrected chi connectivity index (χ2v) is 7.29. The Morgan fingerprint density at radius 2 is 2.15 bits per heavy atom. The predicted octanol–water partition coefficient (Wildman–Crippen LogP) is 2.78. The Bertz CT molecular complexity index is 1060. The van der Waals surface area contributed by atoms with Crippen LogP contribution in [0.2, 0.25) is 0 Å². The SMILES string of the molecule is COc1ccc(-c2cc3n(c(=O)c2)C[C@@H]2CNC[C@H]3C2)c2cccnc12. The lowest BCUT2D eigenvalue weighted by Gasteiger charge is -2.37. The Hall–Kier alpha value is -2.66. The Morgan fingerprint density at radius 3 is 3.04 bits per heavy atom. The Labute approximate surface area is 151 Å². The standard InChI is InChI=1S/C21H21N3O2/c1-26-19-5-4-16(17-3-2-6-23-21(17)19)14-8-18-15-7-13(10-22-11-15)12-24(18)20(25)9-14/h2-6,8-9,13,15,22H,7,10-12H2,1H3/t13-,15+/m0/s1. The van der Waals surface area contributed by atoms with E-state index in [9.17, 15) is 4.79 Å². The average molecular weight is 347 g/mol. The number of aromatic nitrogens is 2. The summed E-state index contributed by atoms with van der Waals surface area (Å²) in [7, 11) is 1.65. The van der Waals surface area contributed by atoms with Crippen molar-refractivity contribution in [3.8, 4) is 16.9 Å². The van der Waals surface area contributed by atoms with Crippen molar-refractivity contribution < 1.29 is 4.74 Å². The molecule has 5 rings (SSSR count). The number of ether oxygens (including phenoxy) is 1. The molecule has 0 spiro atoms. The van der Waals surface area contributed by atoms with Crippen LogP contribution >= 0.6 is 0 Å². The summed E-state index contributed by atoms with van der Waals surface area (Å²) in [5, 5.41) is 4.52. The van der Waals surface area contributed by atoms with Gasteiger partial charge in [-0.05, 0) is 54.3 Å². The number of fused-ring (bicyclic) bond motifs is 5. The third-order valence-corrected chi connectivity index (χ3v) is 5.72. The van der Waals surface area contributed by atoms with Crippen LogP contribution < -0.4 is 15.6 Å². The van der Waals surface area contributed by atoms with Crippen molar-refractivity contribution in [2.24, 2.45) is 5.92 Å². The normalized spacial score (nSPS) is 21.4. The maximum absolute atomic E-state index is 12.9. The molecule has 1 N–H and O–H groups in total. The number of rotatable bonds is 2. The first kappa shape index (κ1) is 15.6. The molecule has 0 unspecified atom stereocenters. The van der Waals surface area contributed by atoms with Gasteiger partial charge in [0.2, 0.25) is 0 Å². The van der Waals surface area contributed by atoms with Crippen LogP contribution in [-0.2, 0) is 6.54 Å². The molecule has 0 amide bonds. The molecular formula is C21H21N3O2. The number of piperidine rings is 1. The second-order valence-electron chi connectivity index (χ2n) is 7.29. The molecular weight excluding hydrogens is 326 g/mol. The first-order chi connectivity index (χ1) is 12.7. The van der Waals surface area contributed by atoms with Crippen LogP contribution in [0, 0.1) is 5.92 Å². The lowest BCUT2D eigenvalue weighted by Crippen LogP contribution is -2.44. The van der Waals surface area contributed by atoms with E-state index >= 15 is 0 Å². The van der Waals surface area contributed by atoms with Crippen molar-refractivity contribution in [2.45, 2.75) is 18.9 Å². The molecule has 5 heteroatoms. The fourth-order valence-corrected chi connectivity index (χ4v) is 4.52. The summed E-state index contributed by atoms with van der Waals surface area (Å²) in [6.45, 7) is 2.78. The van der Waals surface area contributed by atoms with E-state index in [4.69, 9.17) is 4.74 Å². The van der Waals surface area contributed by atoms with Gasteiger partial charge in [0.05, 0.1) is 7.11 Å². The van der Waals surface area contributed by atoms with Gasteiger partial charge >= 0.3 is 0 Å². The quantitative estimate of drug-likeness (QED) is 0.774.